The Labute approximate surface area is 247 Å². The van der Waals surface area contributed by atoms with Gasteiger partial charge in [-0.1, -0.05) is 73.5 Å². The van der Waals surface area contributed by atoms with Crippen LogP contribution in [0.2, 0.25) is 0 Å². The van der Waals surface area contributed by atoms with Gasteiger partial charge in [-0.25, -0.2) is 13.2 Å². The van der Waals surface area contributed by atoms with Crippen LogP contribution < -0.4 is 9.93 Å². The first-order chi connectivity index (χ1) is 20.4. The van der Waals surface area contributed by atoms with E-state index >= 15 is 0 Å². The van der Waals surface area contributed by atoms with Gasteiger partial charge in [0.2, 0.25) is 0 Å². The molecule has 42 heavy (non-hydrogen) atoms. The van der Waals surface area contributed by atoms with E-state index in [-0.39, 0.29) is 29.0 Å². The molecule has 1 unspecified atom stereocenters. The van der Waals surface area contributed by atoms with Gasteiger partial charge in [-0.3, -0.25) is 4.31 Å². The second-order valence-electron chi connectivity index (χ2n) is 11.5. The molecule has 218 valence electrons. The second-order valence-corrected chi connectivity index (χ2v) is 13.4. The largest absolute Gasteiger partial charge is 0.507 e. The van der Waals surface area contributed by atoms with Crippen molar-refractivity contribution in [2.75, 3.05) is 10.8 Å². The molecular formula is C35H37NO5S. The van der Waals surface area contributed by atoms with Crippen molar-refractivity contribution in [3.63, 3.8) is 0 Å². The van der Waals surface area contributed by atoms with Gasteiger partial charge in [-0.15, -0.1) is 0 Å². The third kappa shape index (κ3) is 5.88. The summed E-state index contributed by atoms with van der Waals surface area (Å²) in [7, 11) is -3.87. The Morgan fingerprint density at radius 1 is 0.857 bits per heavy atom. The number of aryl methyl sites for hydroxylation is 1. The molecule has 1 N–H and O–H groups in total. The highest BCUT2D eigenvalue weighted by Crippen LogP contribution is 2.49. The van der Waals surface area contributed by atoms with Crippen LogP contribution in [0.15, 0.2) is 99.0 Å². The van der Waals surface area contributed by atoms with E-state index in [9.17, 15) is 18.3 Å². The van der Waals surface area contributed by atoms with Gasteiger partial charge in [-0.2, -0.15) is 0 Å². The number of rotatable bonds is 9. The van der Waals surface area contributed by atoms with E-state index < -0.39 is 15.6 Å². The summed E-state index contributed by atoms with van der Waals surface area (Å²) >= 11 is 0. The monoisotopic (exact) mass is 583 g/mol. The lowest BCUT2D eigenvalue weighted by Gasteiger charge is -2.27. The van der Waals surface area contributed by atoms with Crippen molar-refractivity contribution >= 4 is 15.7 Å². The highest BCUT2D eigenvalue weighted by molar-refractivity contribution is 7.92. The summed E-state index contributed by atoms with van der Waals surface area (Å²) in [5, 5.41) is 11.5. The fraction of sp³-hybridized carbons (Fsp3) is 0.343. The third-order valence-electron chi connectivity index (χ3n) is 8.59. The first-order valence-corrected chi connectivity index (χ1v) is 16.5. The zero-order valence-electron chi connectivity index (χ0n) is 23.7. The minimum absolute atomic E-state index is 0.0725. The smallest absolute Gasteiger partial charge is 0.343 e. The van der Waals surface area contributed by atoms with E-state index in [2.05, 4.69) is 0 Å². The zero-order valence-corrected chi connectivity index (χ0v) is 24.6. The van der Waals surface area contributed by atoms with Crippen molar-refractivity contribution < 1.29 is 17.9 Å². The molecule has 0 spiro atoms. The SMILES string of the molecule is O=c1oc2c(c(O)c1C(c1cccc(N(CCc3ccccc3)S(=O)(=O)c3ccccc3)c1)C1CC1)CCCCCC2. The van der Waals surface area contributed by atoms with Crippen LogP contribution in [0.3, 0.4) is 0 Å². The zero-order chi connectivity index (χ0) is 29.1. The average Bonchev–Trinajstić information content (AvgIpc) is 3.83. The van der Waals surface area contributed by atoms with Crippen LogP contribution in [0.1, 0.15) is 72.5 Å². The van der Waals surface area contributed by atoms with Gasteiger partial charge >= 0.3 is 5.63 Å². The lowest BCUT2D eigenvalue weighted by molar-refractivity contribution is 0.382. The number of anilines is 1. The molecule has 6 nitrogen and oxygen atoms in total. The number of hydrogen-bond acceptors (Lipinski definition) is 5. The van der Waals surface area contributed by atoms with Crippen molar-refractivity contribution in [2.24, 2.45) is 5.92 Å². The number of aromatic hydroxyl groups is 1. The maximum atomic E-state index is 14.0. The Morgan fingerprint density at radius 3 is 2.26 bits per heavy atom. The van der Waals surface area contributed by atoms with Crippen LogP contribution in [0.5, 0.6) is 5.75 Å². The fourth-order valence-corrected chi connectivity index (χ4v) is 7.73. The third-order valence-corrected chi connectivity index (χ3v) is 10.4. The summed E-state index contributed by atoms with van der Waals surface area (Å²) in [6.45, 7) is 0.255. The predicted octanol–water partition coefficient (Wildman–Crippen LogP) is 6.98. The van der Waals surface area contributed by atoms with Crippen LogP contribution in [-0.2, 0) is 29.3 Å². The molecule has 0 radical (unpaired) electrons. The summed E-state index contributed by atoms with van der Waals surface area (Å²) in [6, 6.07) is 25.8. The van der Waals surface area contributed by atoms with Gasteiger partial charge in [0.15, 0.2) is 0 Å². The van der Waals surface area contributed by atoms with E-state index in [0.29, 0.717) is 36.3 Å². The molecule has 0 saturated heterocycles. The van der Waals surface area contributed by atoms with Crippen molar-refractivity contribution in [2.45, 2.75) is 68.6 Å². The number of nitrogens with zero attached hydrogens (tertiary/aromatic N) is 1. The van der Waals surface area contributed by atoms with Crippen LogP contribution in [-0.4, -0.2) is 20.1 Å². The predicted molar refractivity (Wildman–Crippen MR) is 165 cm³/mol. The highest BCUT2D eigenvalue weighted by atomic mass is 32.2. The van der Waals surface area contributed by atoms with Gasteiger partial charge < -0.3 is 9.52 Å². The molecular weight excluding hydrogens is 546 g/mol. The minimum atomic E-state index is -3.87. The van der Waals surface area contributed by atoms with Crippen molar-refractivity contribution in [1.82, 2.24) is 0 Å². The Bertz CT molecular complexity index is 1690. The van der Waals surface area contributed by atoms with E-state index in [0.717, 1.165) is 55.2 Å². The molecule has 3 aromatic carbocycles. The summed E-state index contributed by atoms with van der Waals surface area (Å²) < 4.78 is 35.4. The number of hydrogen-bond donors (Lipinski definition) is 1. The van der Waals surface area contributed by atoms with Crippen LogP contribution in [0.25, 0.3) is 0 Å². The molecule has 1 atom stereocenters. The first kappa shape index (κ1) is 28.3. The Hall–Kier alpha value is -3.84. The minimum Gasteiger partial charge on any atom is -0.507 e. The summed E-state index contributed by atoms with van der Waals surface area (Å²) in [4.78, 5) is 13.7. The molecule has 2 aliphatic rings. The van der Waals surface area contributed by atoms with Gasteiger partial charge in [0.05, 0.1) is 16.1 Å². The van der Waals surface area contributed by atoms with Gasteiger partial charge in [0, 0.05) is 24.4 Å². The molecule has 0 bridgehead atoms. The quantitative estimate of drug-likeness (QED) is 0.230. The van der Waals surface area contributed by atoms with E-state index in [1.807, 2.05) is 54.6 Å². The maximum absolute atomic E-state index is 14.0. The number of benzene rings is 3. The molecule has 0 amide bonds. The molecule has 1 fully saturated rings. The molecule has 4 aromatic rings. The van der Waals surface area contributed by atoms with Gasteiger partial charge in [0.25, 0.3) is 10.0 Å². The number of sulfonamides is 1. The standard InChI is InChI=1S/C35H37NO5S/c37-34-30-18-9-1-2-10-19-31(30)41-35(38)33(34)32(26-20-21-26)27-14-11-15-28(24-27)36(23-22-25-12-5-3-6-13-25)42(39,40)29-16-7-4-8-17-29/h3-8,11-17,24,26,32,37H,1-2,9-10,18-23H2. The van der Waals surface area contributed by atoms with Crippen molar-refractivity contribution in [3.05, 3.63) is 123 Å². The highest BCUT2D eigenvalue weighted by Gasteiger charge is 2.39. The Balaban J connectivity index is 1.42. The van der Waals surface area contributed by atoms with E-state index in [1.165, 1.54) is 4.31 Å². The maximum Gasteiger partial charge on any atom is 0.343 e. The lowest BCUT2D eigenvalue weighted by atomic mass is 9.85. The van der Waals surface area contributed by atoms with Gasteiger partial charge in [-0.05, 0) is 79.8 Å². The van der Waals surface area contributed by atoms with E-state index in [4.69, 9.17) is 4.42 Å². The lowest BCUT2D eigenvalue weighted by Crippen LogP contribution is -2.33. The van der Waals surface area contributed by atoms with Crippen LogP contribution >= 0.6 is 0 Å². The molecule has 6 rings (SSSR count). The van der Waals surface area contributed by atoms with Crippen LogP contribution in [0.4, 0.5) is 5.69 Å². The Kier molecular flexibility index (Phi) is 8.20. The summed E-state index contributed by atoms with van der Waals surface area (Å²) in [5.74, 6) is 0.505. The van der Waals surface area contributed by atoms with Crippen molar-refractivity contribution in [3.8, 4) is 5.75 Å². The van der Waals surface area contributed by atoms with Gasteiger partial charge in [0.1, 0.15) is 11.5 Å². The molecule has 1 heterocycles. The van der Waals surface area contributed by atoms with Crippen LogP contribution in [0, 0.1) is 5.92 Å². The normalized spacial score (nSPS) is 16.2. The second kappa shape index (κ2) is 12.2. The molecule has 7 heteroatoms. The number of fused-ring (bicyclic) bond motifs is 1. The molecule has 1 aromatic heterocycles. The average molecular weight is 584 g/mol. The molecule has 2 aliphatic carbocycles. The van der Waals surface area contributed by atoms with Crippen molar-refractivity contribution in [1.29, 1.82) is 0 Å². The Morgan fingerprint density at radius 2 is 1.55 bits per heavy atom. The summed E-state index contributed by atoms with van der Waals surface area (Å²) in [6.07, 6.45) is 7.84. The first-order valence-electron chi connectivity index (χ1n) is 15.0. The van der Waals surface area contributed by atoms with E-state index in [1.54, 1.807) is 30.3 Å². The topological polar surface area (TPSA) is 87.8 Å². The fourth-order valence-electron chi connectivity index (χ4n) is 6.26. The molecule has 0 aliphatic heterocycles. The molecule has 1 saturated carbocycles. The summed E-state index contributed by atoms with van der Waals surface area (Å²) in [5.41, 5.74) is 3.00.